The summed E-state index contributed by atoms with van der Waals surface area (Å²) in [5, 5.41) is 21.8. The van der Waals surface area contributed by atoms with Gasteiger partial charge in [0.25, 0.3) is 0 Å². The fraction of sp³-hybridized carbons (Fsp3) is 0.625. The summed E-state index contributed by atoms with van der Waals surface area (Å²) in [4.78, 5) is 32.7. The van der Waals surface area contributed by atoms with E-state index in [-0.39, 0.29) is 24.8 Å². The molecule has 178 valence electrons. The molecule has 2 aromatic heterocycles. The Bertz CT molecular complexity index is 1040. The number of hydrogen-bond acceptors (Lipinski definition) is 6. The van der Waals surface area contributed by atoms with E-state index >= 15 is 0 Å². The van der Waals surface area contributed by atoms with Crippen LogP contribution >= 0.6 is 0 Å². The lowest BCUT2D eigenvalue weighted by atomic mass is 9.85. The molecule has 3 atom stereocenters. The zero-order valence-corrected chi connectivity index (χ0v) is 20.1. The van der Waals surface area contributed by atoms with Gasteiger partial charge >= 0.3 is 0 Å². The van der Waals surface area contributed by atoms with E-state index in [1.54, 1.807) is 10.9 Å². The first kappa shape index (κ1) is 23.4. The maximum absolute atomic E-state index is 13.7. The molecule has 9 heteroatoms. The first-order valence-electron chi connectivity index (χ1n) is 11.6. The van der Waals surface area contributed by atoms with E-state index in [9.17, 15) is 14.7 Å². The van der Waals surface area contributed by atoms with Crippen LogP contribution in [0.3, 0.4) is 0 Å². The molecule has 1 aliphatic carbocycles. The number of carbonyl (C=O) groups is 2. The minimum atomic E-state index is -0.745. The number of nitrogens with zero attached hydrogens (tertiary/aromatic N) is 5. The highest BCUT2D eigenvalue weighted by Crippen LogP contribution is 2.40. The van der Waals surface area contributed by atoms with Crippen molar-refractivity contribution in [2.45, 2.75) is 84.5 Å². The van der Waals surface area contributed by atoms with E-state index in [4.69, 9.17) is 0 Å². The number of aliphatic hydroxyl groups is 1. The van der Waals surface area contributed by atoms with Crippen molar-refractivity contribution in [1.29, 1.82) is 0 Å². The highest BCUT2D eigenvalue weighted by Gasteiger charge is 2.45. The summed E-state index contributed by atoms with van der Waals surface area (Å²) in [6.45, 7) is 10.3. The number of aryl methyl sites for hydroxylation is 2. The average Bonchev–Trinajstić information content (AvgIpc) is 3.34. The van der Waals surface area contributed by atoms with E-state index in [1.165, 1.54) is 4.90 Å². The Labute approximate surface area is 194 Å². The topological polar surface area (TPSA) is 113 Å². The molecule has 2 aromatic rings. The summed E-state index contributed by atoms with van der Waals surface area (Å²) in [6.07, 6.45) is 5.29. The molecule has 1 saturated carbocycles. The van der Waals surface area contributed by atoms with Gasteiger partial charge in [-0.1, -0.05) is 26.0 Å². The number of aliphatic hydroxyl groups excluding tert-OH is 1. The van der Waals surface area contributed by atoms with Gasteiger partial charge in [0.15, 0.2) is 0 Å². The van der Waals surface area contributed by atoms with Gasteiger partial charge in [-0.2, -0.15) is 0 Å². The number of nitrogens with one attached hydrogen (secondary N) is 1. The third-order valence-electron chi connectivity index (χ3n) is 6.52. The normalized spacial score (nSPS) is 21.8. The summed E-state index contributed by atoms with van der Waals surface area (Å²) in [5.74, 6) is -0.0641. The number of aromatic nitrogens is 4. The lowest BCUT2D eigenvalue weighted by Gasteiger charge is -2.34. The molecule has 1 aliphatic heterocycles. The quantitative estimate of drug-likeness (QED) is 0.691. The highest BCUT2D eigenvalue weighted by molar-refractivity contribution is 5.90. The number of pyridine rings is 1. The lowest BCUT2D eigenvalue weighted by Crippen LogP contribution is -2.50. The second kappa shape index (κ2) is 8.85. The van der Waals surface area contributed by atoms with Crippen molar-refractivity contribution in [3.05, 3.63) is 41.0 Å². The molecule has 0 spiro atoms. The van der Waals surface area contributed by atoms with Gasteiger partial charge in [-0.15, -0.1) is 5.10 Å². The Morgan fingerprint density at radius 1 is 1.27 bits per heavy atom. The number of amides is 2. The summed E-state index contributed by atoms with van der Waals surface area (Å²) in [5.41, 5.74) is 3.35. The number of rotatable bonds is 6. The average molecular weight is 455 g/mol. The summed E-state index contributed by atoms with van der Waals surface area (Å²) in [7, 11) is 0. The largest absolute Gasteiger partial charge is 0.391 e. The van der Waals surface area contributed by atoms with Gasteiger partial charge in [-0.3, -0.25) is 14.6 Å². The van der Waals surface area contributed by atoms with Crippen LogP contribution in [0.5, 0.6) is 0 Å². The fourth-order valence-electron chi connectivity index (χ4n) is 4.54. The zero-order chi connectivity index (χ0) is 23.9. The van der Waals surface area contributed by atoms with Crippen LogP contribution in [0, 0.1) is 19.3 Å². The van der Waals surface area contributed by atoms with E-state index in [2.05, 4.69) is 20.6 Å². The van der Waals surface area contributed by atoms with E-state index in [0.29, 0.717) is 12.5 Å². The van der Waals surface area contributed by atoms with Crippen LogP contribution < -0.4 is 5.32 Å². The van der Waals surface area contributed by atoms with Crippen LogP contribution in [0.15, 0.2) is 18.5 Å². The van der Waals surface area contributed by atoms with Crippen molar-refractivity contribution < 1.29 is 14.7 Å². The number of β-amino-alcohol motifs (C(OH)–C–C–N with tert-alkyl or cyclic N) is 1. The summed E-state index contributed by atoms with van der Waals surface area (Å²) < 4.78 is 1.64. The van der Waals surface area contributed by atoms with Gasteiger partial charge in [-0.25, -0.2) is 4.68 Å². The van der Waals surface area contributed by atoms with Crippen LogP contribution in [0.1, 0.15) is 74.5 Å². The van der Waals surface area contributed by atoms with Crippen LogP contribution in [0.25, 0.3) is 0 Å². The Hall–Kier alpha value is -2.81. The molecule has 2 N–H and O–H groups in total. The molecule has 2 aliphatic rings. The SMILES string of the molecule is Cc1cc(C)c(CNC(=O)C2CC(O)CN2C(=O)[C@@H](n2cc(C3CC3)nn2)C(C)(C)C)cn1. The van der Waals surface area contributed by atoms with Gasteiger partial charge < -0.3 is 15.3 Å². The predicted octanol–water partition coefficient (Wildman–Crippen LogP) is 2.03. The lowest BCUT2D eigenvalue weighted by molar-refractivity contribution is -0.144. The third kappa shape index (κ3) is 5.08. The van der Waals surface area contributed by atoms with Crippen LogP contribution in [-0.4, -0.2) is 60.5 Å². The number of carbonyl (C=O) groups excluding carboxylic acids is 2. The zero-order valence-electron chi connectivity index (χ0n) is 20.1. The minimum Gasteiger partial charge on any atom is -0.391 e. The Morgan fingerprint density at radius 3 is 2.64 bits per heavy atom. The molecule has 2 unspecified atom stereocenters. The van der Waals surface area contributed by atoms with Crippen molar-refractivity contribution >= 4 is 11.8 Å². The van der Waals surface area contributed by atoms with Crippen molar-refractivity contribution in [3.8, 4) is 0 Å². The first-order chi connectivity index (χ1) is 15.5. The second-order valence-electron chi connectivity index (χ2n) is 10.5. The molecule has 33 heavy (non-hydrogen) atoms. The molecule has 0 aromatic carbocycles. The first-order valence-corrected chi connectivity index (χ1v) is 11.6. The van der Waals surface area contributed by atoms with Gasteiger partial charge in [0.1, 0.15) is 12.1 Å². The van der Waals surface area contributed by atoms with E-state index in [0.717, 1.165) is 35.4 Å². The summed E-state index contributed by atoms with van der Waals surface area (Å²) >= 11 is 0. The van der Waals surface area contributed by atoms with Crippen LogP contribution in [0.4, 0.5) is 0 Å². The van der Waals surface area contributed by atoms with Crippen molar-refractivity contribution in [1.82, 2.24) is 30.2 Å². The van der Waals surface area contributed by atoms with E-state index in [1.807, 2.05) is 46.9 Å². The summed E-state index contributed by atoms with van der Waals surface area (Å²) in [6, 6.07) is 0.614. The maximum Gasteiger partial charge on any atom is 0.248 e. The fourth-order valence-corrected chi connectivity index (χ4v) is 4.54. The second-order valence-corrected chi connectivity index (χ2v) is 10.5. The molecule has 3 heterocycles. The molecule has 0 bridgehead atoms. The monoisotopic (exact) mass is 454 g/mol. The Morgan fingerprint density at radius 2 is 2.00 bits per heavy atom. The molecule has 2 amide bonds. The van der Waals surface area contributed by atoms with Crippen LogP contribution in [-0.2, 0) is 16.1 Å². The Balaban J connectivity index is 1.51. The van der Waals surface area contributed by atoms with Gasteiger partial charge in [-0.05, 0) is 49.3 Å². The molecule has 1 saturated heterocycles. The Kier molecular flexibility index (Phi) is 6.26. The number of likely N-dealkylation sites (tertiary alicyclic amines) is 1. The van der Waals surface area contributed by atoms with Crippen molar-refractivity contribution in [2.75, 3.05) is 6.54 Å². The minimum absolute atomic E-state index is 0.124. The molecule has 9 nitrogen and oxygen atoms in total. The van der Waals surface area contributed by atoms with Crippen molar-refractivity contribution in [2.24, 2.45) is 5.41 Å². The van der Waals surface area contributed by atoms with Crippen LogP contribution in [0.2, 0.25) is 0 Å². The molecular formula is C24H34N6O3. The smallest absolute Gasteiger partial charge is 0.248 e. The van der Waals surface area contributed by atoms with E-state index < -0.39 is 23.6 Å². The maximum atomic E-state index is 13.7. The highest BCUT2D eigenvalue weighted by atomic mass is 16.3. The third-order valence-corrected chi connectivity index (χ3v) is 6.52. The van der Waals surface area contributed by atoms with Gasteiger partial charge in [0.05, 0.1) is 11.8 Å². The molecule has 0 radical (unpaired) electrons. The predicted molar refractivity (Wildman–Crippen MR) is 122 cm³/mol. The van der Waals surface area contributed by atoms with Gasteiger partial charge in [0, 0.05) is 43.5 Å². The molecular weight excluding hydrogens is 420 g/mol. The standard InChI is InChI=1S/C24H34N6O3/c1-14-8-15(2)25-10-17(14)11-26-22(32)20-9-18(31)12-29(20)23(33)21(24(3,4)5)30-13-19(27-28-30)16-6-7-16/h8,10,13,16,18,20-21,31H,6-7,9,11-12H2,1-5H3,(H,26,32)/t18?,20?,21-/m1/s1. The van der Waals surface area contributed by atoms with Gasteiger partial charge in [0.2, 0.25) is 11.8 Å². The number of hydrogen-bond donors (Lipinski definition) is 2. The molecule has 2 fully saturated rings. The molecule has 4 rings (SSSR count). The van der Waals surface area contributed by atoms with Crippen molar-refractivity contribution in [3.63, 3.8) is 0 Å².